The molecule has 1 amide bonds. The van der Waals surface area contributed by atoms with Crippen molar-refractivity contribution in [2.75, 3.05) is 37.3 Å². The first-order valence-corrected chi connectivity index (χ1v) is 13.1. The second kappa shape index (κ2) is 8.88. The molecule has 32 heavy (non-hydrogen) atoms. The average molecular weight is 469 g/mol. The van der Waals surface area contributed by atoms with Gasteiger partial charge in [0.1, 0.15) is 0 Å². The van der Waals surface area contributed by atoms with E-state index < -0.39 is 9.84 Å². The molecule has 1 aromatic heterocycles. The van der Waals surface area contributed by atoms with E-state index in [9.17, 15) is 18.0 Å². The first-order valence-electron chi connectivity index (χ1n) is 10.3. The van der Waals surface area contributed by atoms with E-state index >= 15 is 0 Å². The predicted molar refractivity (Wildman–Crippen MR) is 127 cm³/mol. The summed E-state index contributed by atoms with van der Waals surface area (Å²) in [5.41, 5.74) is 3.74. The van der Waals surface area contributed by atoms with Gasteiger partial charge in [-0.15, -0.1) is 0 Å². The molecule has 6 nitrogen and oxygen atoms in total. The molecular weight excluding hydrogens is 444 g/mol. The molecule has 0 radical (unpaired) electrons. The number of amides is 1. The Morgan fingerprint density at radius 1 is 0.938 bits per heavy atom. The first kappa shape index (κ1) is 22.2. The number of sulfone groups is 1. The van der Waals surface area contributed by atoms with E-state index in [1.165, 1.54) is 17.4 Å². The lowest BCUT2D eigenvalue weighted by atomic mass is 10.0. The van der Waals surface area contributed by atoms with Crippen LogP contribution in [-0.4, -0.2) is 57.4 Å². The molecule has 0 atom stereocenters. The largest absolute Gasteiger partial charge is 0.368 e. The SMILES string of the molecule is CC(=O)c1ccc(N2CCN(C(=O)c3cc(S(C)(=O)=O)ccc3-c3ccsc3)CC2)cc1. The number of nitrogens with zero attached hydrogens (tertiary/aromatic N) is 2. The minimum absolute atomic E-state index is 0.0321. The van der Waals surface area contributed by atoms with E-state index in [4.69, 9.17) is 0 Å². The summed E-state index contributed by atoms with van der Waals surface area (Å²) in [7, 11) is -3.43. The molecule has 0 aliphatic carbocycles. The van der Waals surface area contributed by atoms with Crippen LogP contribution in [-0.2, 0) is 9.84 Å². The van der Waals surface area contributed by atoms with Crippen LogP contribution in [0.25, 0.3) is 11.1 Å². The summed E-state index contributed by atoms with van der Waals surface area (Å²) in [5.74, 6) is -0.131. The highest BCUT2D eigenvalue weighted by Crippen LogP contribution is 2.30. The number of piperazine rings is 1. The van der Waals surface area contributed by atoms with E-state index in [0.717, 1.165) is 23.1 Å². The van der Waals surface area contributed by atoms with Crippen molar-refractivity contribution in [2.24, 2.45) is 0 Å². The van der Waals surface area contributed by atoms with Crippen LogP contribution in [0.15, 0.2) is 64.2 Å². The number of Topliss-reactive ketones (excluding diaryl/α,β-unsaturated/α-hetero) is 1. The summed E-state index contributed by atoms with van der Waals surface area (Å²) in [6, 6.07) is 14.2. The lowest BCUT2D eigenvalue weighted by Crippen LogP contribution is -2.48. The van der Waals surface area contributed by atoms with E-state index in [1.807, 2.05) is 41.1 Å². The number of benzene rings is 2. The standard InChI is InChI=1S/C24H24N2O4S2/c1-17(27)18-3-5-20(6-4-18)25-10-12-26(13-11-25)24(28)23-15-21(32(2,29)30)7-8-22(23)19-9-14-31-16-19/h3-9,14-16H,10-13H2,1-2H3. The zero-order valence-corrected chi connectivity index (χ0v) is 19.6. The van der Waals surface area contributed by atoms with E-state index in [-0.39, 0.29) is 16.6 Å². The number of carbonyl (C=O) groups excluding carboxylic acids is 2. The Morgan fingerprint density at radius 2 is 1.62 bits per heavy atom. The van der Waals surface area contributed by atoms with Gasteiger partial charge in [-0.1, -0.05) is 6.07 Å². The number of rotatable bonds is 5. The van der Waals surface area contributed by atoms with Gasteiger partial charge in [0.25, 0.3) is 5.91 Å². The predicted octanol–water partition coefficient (Wildman–Crippen LogP) is 3.98. The van der Waals surface area contributed by atoms with Crippen LogP contribution in [0.1, 0.15) is 27.6 Å². The van der Waals surface area contributed by atoms with Gasteiger partial charge >= 0.3 is 0 Å². The van der Waals surface area contributed by atoms with E-state index in [2.05, 4.69) is 4.90 Å². The molecule has 0 N–H and O–H groups in total. The Hall–Kier alpha value is -2.97. The lowest BCUT2D eigenvalue weighted by molar-refractivity contribution is 0.0747. The van der Waals surface area contributed by atoms with Crippen molar-refractivity contribution in [3.8, 4) is 11.1 Å². The minimum atomic E-state index is -3.43. The summed E-state index contributed by atoms with van der Waals surface area (Å²) in [5, 5.41) is 3.89. The molecule has 1 saturated heterocycles. The third kappa shape index (κ3) is 4.61. The Morgan fingerprint density at radius 3 is 2.19 bits per heavy atom. The Balaban J connectivity index is 1.55. The monoisotopic (exact) mass is 468 g/mol. The van der Waals surface area contributed by atoms with Gasteiger partial charge in [-0.2, -0.15) is 11.3 Å². The van der Waals surface area contributed by atoms with Crippen molar-refractivity contribution in [3.63, 3.8) is 0 Å². The van der Waals surface area contributed by atoms with Gasteiger partial charge in [0, 0.05) is 49.2 Å². The van der Waals surface area contributed by atoms with Crippen molar-refractivity contribution in [3.05, 3.63) is 70.4 Å². The number of hydrogen-bond acceptors (Lipinski definition) is 6. The van der Waals surface area contributed by atoms with Crippen LogP contribution in [0.4, 0.5) is 5.69 Å². The van der Waals surface area contributed by atoms with Gasteiger partial charge in [0.15, 0.2) is 15.6 Å². The molecule has 2 aromatic carbocycles. The van der Waals surface area contributed by atoms with E-state index in [0.29, 0.717) is 37.3 Å². The van der Waals surface area contributed by atoms with Crippen molar-refractivity contribution in [2.45, 2.75) is 11.8 Å². The molecule has 4 rings (SSSR count). The van der Waals surface area contributed by atoms with Crippen molar-refractivity contribution >= 4 is 38.6 Å². The third-order valence-electron chi connectivity index (χ3n) is 5.69. The second-order valence-corrected chi connectivity index (χ2v) is 10.7. The zero-order valence-electron chi connectivity index (χ0n) is 17.9. The molecule has 166 valence electrons. The molecular formula is C24H24N2O4S2. The maximum absolute atomic E-state index is 13.4. The first-order chi connectivity index (χ1) is 15.2. The molecule has 1 aliphatic rings. The fourth-order valence-corrected chi connectivity index (χ4v) is 5.15. The maximum Gasteiger partial charge on any atom is 0.254 e. The Kier molecular flexibility index (Phi) is 6.17. The third-order valence-corrected chi connectivity index (χ3v) is 7.48. The van der Waals surface area contributed by atoms with Gasteiger partial charge in [0.05, 0.1) is 4.90 Å². The lowest BCUT2D eigenvalue weighted by Gasteiger charge is -2.36. The molecule has 8 heteroatoms. The van der Waals surface area contributed by atoms with Crippen LogP contribution in [0.2, 0.25) is 0 Å². The van der Waals surface area contributed by atoms with Crippen LogP contribution in [0, 0.1) is 0 Å². The highest BCUT2D eigenvalue weighted by Gasteiger charge is 2.26. The van der Waals surface area contributed by atoms with Crippen LogP contribution >= 0.6 is 11.3 Å². The maximum atomic E-state index is 13.4. The summed E-state index contributed by atoms with van der Waals surface area (Å²) in [4.78, 5) is 29.0. The smallest absolute Gasteiger partial charge is 0.254 e. The van der Waals surface area contributed by atoms with Gasteiger partial charge < -0.3 is 9.80 Å². The van der Waals surface area contributed by atoms with Gasteiger partial charge in [-0.25, -0.2) is 8.42 Å². The molecule has 0 saturated carbocycles. The quantitative estimate of drug-likeness (QED) is 0.530. The highest BCUT2D eigenvalue weighted by molar-refractivity contribution is 7.90. The topological polar surface area (TPSA) is 74.8 Å². The number of ketones is 1. The Bertz CT molecular complexity index is 1240. The molecule has 0 unspecified atom stereocenters. The summed E-state index contributed by atoms with van der Waals surface area (Å²) >= 11 is 1.53. The summed E-state index contributed by atoms with van der Waals surface area (Å²) < 4.78 is 24.2. The molecule has 0 spiro atoms. The van der Waals surface area contributed by atoms with Crippen molar-refractivity contribution in [1.82, 2.24) is 4.90 Å². The molecule has 3 aromatic rings. The molecule has 2 heterocycles. The van der Waals surface area contributed by atoms with Crippen molar-refractivity contribution in [1.29, 1.82) is 0 Å². The minimum Gasteiger partial charge on any atom is -0.368 e. The zero-order chi connectivity index (χ0) is 22.9. The second-order valence-electron chi connectivity index (χ2n) is 7.87. The molecule has 1 fully saturated rings. The normalized spacial score (nSPS) is 14.4. The van der Waals surface area contributed by atoms with E-state index in [1.54, 1.807) is 24.0 Å². The van der Waals surface area contributed by atoms with Crippen LogP contribution in [0.3, 0.4) is 0 Å². The number of thiophene rings is 1. The highest BCUT2D eigenvalue weighted by atomic mass is 32.2. The van der Waals surface area contributed by atoms with Gasteiger partial charge in [-0.05, 0) is 71.3 Å². The van der Waals surface area contributed by atoms with Gasteiger partial charge in [-0.3, -0.25) is 9.59 Å². The summed E-state index contributed by atoms with van der Waals surface area (Å²) in [6.07, 6.45) is 1.15. The summed E-state index contributed by atoms with van der Waals surface area (Å²) in [6.45, 7) is 3.91. The molecule has 0 bridgehead atoms. The fourth-order valence-electron chi connectivity index (χ4n) is 3.85. The van der Waals surface area contributed by atoms with Crippen molar-refractivity contribution < 1.29 is 18.0 Å². The average Bonchev–Trinajstić information content (AvgIpc) is 3.32. The van der Waals surface area contributed by atoms with Gasteiger partial charge in [0.2, 0.25) is 0 Å². The number of carbonyl (C=O) groups is 2. The number of anilines is 1. The Labute approximate surface area is 192 Å². The van der Waals surface area contributed by atoms with Crippen LogP contribution < -0.4 is 4.90 Å². The van der Waals surface area contributed by atoms with Crippen LogP contribution in [0.5, 0.6) is 0 Å². The fraction of sp³-hybridized carbons (Fsp3) is 0.250. The number of hydrogen-bond donors (Lipinski definition) is 0. The molecule has 1 aliphatic heterocycles.